The van der Waals surface area contributed by atoms with E-state index in [1.165, 1.54) is 11.3 Å². The minimum Gasteiger partial charge on any atom is -0.195 e. The lowest BCUT2D eigenvalue weighted by atomic mass is 10.2. The maximum absolute atomic E-state index is 13.0. The summed E-state index contributed by atoms with van der Waals surface area (Å²) in [4.78, 5) is 1.15. The molecule has 0 fully saturated rings. The van der Waals surface area contributed by atoms with E-state index >= 15 is 0 Å². The number of fused-ring (bicyclic) bond motifs is 1. The quantitative estimate of drug-likeness (QED) is 0.642. The Kier molecular flexibility index (Phi) is 2.30. The zero-order valence-corrected chi connectivity index (χ0v) is 9.06. The van der Waals surface area contributed by atoms with Gasteiger partial charge in [-0.1, -0.05) is 6.07 Å². The molecule has 1 aromatic carbocycles. The summed E-state index contributed by atoms with van der Waals surface area (Å²) in [7, 11) is 0. The molecule has 0 N–H and O–H groups in total. The van der Waals surface area contributed by atoms with Gasteiger partial charge in [-0.3, -0.25) is 0 Å². The highest BCUT2D eigenvalue weighted by atomic mass is 32.2. The van der Waals surface area contributed by atoms with Crippen LogP contribution >= 0.6 is 23.1 Å². The predicted octanol–water partition coefficient (Wildman–Crippen LogP) is 4.07. The summed E-state index contributed by atoms with van der Waals surface area (Å²) < 4.78 is 14.1. The molecule has 0 aliphatic rings. The predicted molar refractivity (Wildman–Crippen MR) is 58.3 cm³/mol. The Bertz CT molecular complexity index is 445. The van der Waals surface area contributed by atoms with Crippen LogP contribution in [-0.4, -0.2) is 6.26 Å². The molecule has 0 saturated carbocycles. The number of aryl methyl sites for hydroxylation is 1. The molecule has 0 spiro atoms. The molecular weight excluding hydrogens is 203 g/mol. The maximum atomic E-state index is 13.0. The largest absolute Gasteiger partial charge is 0.195 e. The van der Waals surface area contributed by atoms with Gasteiger partial charge in [0.2, 0.25) is 0 Å². The molecule has 0 bridgehead atoms. The van der Waals surface area contributed by atoms with Crippen LogP contribution in [0.1, 0.15) is 5.56 Å². The maximum Gasteiger partial charge on any atom is 0.177 e. The molecule has 0 saturated heterocycles. The zero-order valence-electron chi connectivity index (χ0n) is 7.43. The first kappa shape index (κ1) is 9.03. The normalized spacial score (nSPS) is 11.0. The summed E-state index contributed by atoms with van der Waals surface area (Å²) in [6.07, 6.45) is 2.01. The van der Waals surface area contributed by atoms with Gasteiger partial charge in [-0.05, 0) is 30.9 Å². The van der Waals surface area contributed by atoms with Crippen LogP contribution in [0.2, 0.25) is 0 Å². The molecule has 0 nitrogen and oxygen atoms in total. The van der Waals surface area contributed by atoms with Crippen molar-refractivity contribution in [2.45, 2.75) is 11.8 Å². The summed E-state index contributed by atoms with van der Waals surface area (Å²) in [5.41, 5.74) is 1.15. The van der Waals surface area contributed by atoms with Gasteiger partial charge < -0.3 is 0 Å². The van der Waals surface area contributed by atoms with E-state index in [1.807, 2.05) is 19.2 Å². The lowest BCUT2D eigenvalue weighted by Crippen LogP contribution is -1.75. The fourth-order valence-corrected chi connectivity index (χ4v) is 2.91. The van der Waals surface area contributed by atoms with E-state index in [-0.39, 0.29) is 5.13 Å². The van der Waals surface area contributed by atoms with Crippen LogP contribution in [-0.2, 0) is 0 Å². The van der Waals surface area contributed by atoms with Crippen molar-refractivity contribution in [1.82, 2.24) is 0 Å². The molecule has 0 aliphatic heterocycles. The molecule has 2 rings (SSSR count). The van der Waals surface area contributed by atoms with E-state index in [1.54, 1.807) is 17.8 Å². The third-order valence-electron chi connectivity index (χ3n) is 2.03. The van der Waals surface area contributed by atoms with E-state index < -0.39 is 0 Å². The molecule has 0 aliphatic carbocycles. The molecule has 68 valence electrons. The second-order valence-electron chi connectivity index (χ2n) is 2.88. The number of hydrogen-bond acceptors (Lipinski definition) is 2. The highest BCUT2D eigenvalue weighted by Gasteiger charge is 2.07. The van der Waals surface area contributed by atoms with Crippen molar-refractivity contribution in [2.75, 3.05) is 6.26 Å². The zero-order chi connectivity index (χ0) is 9.42. The number of thiophene rings is 1. The Labute approximate surface area is 84.8 Å². The average molecular weight is 212 g/mol. The Morgan fingerprint density at radius 3 is 2.85 bits per heavy atom. The Hall–Kier alpha value is -0.540. The molecule has 3 heteroatoms. The van der Waals surface area contributed by atoms with Crippen LogP contribution in [0.15, 0.2) is 23.1 Å². The van der Waals surface area contributed by atoms with Crippen molar-refractivity contribution in [3.63, 3.8) is 0 Å². The van der Waals surface area contributed by atoms with Gasteiger partial charge in [0.05, 0.1) is 0 Å². The van der Waals surface area contributed by atoms with Gasteiger partial charge >= 0.3 is 0 Å². The molecular formula is C10H9FS2. The Morgan fingerprint density at radius 1 is 1.38 bits per heavy atom. The first-order valence-electron chi connectivity index (χ1n) is 3.95. The van der Waals surface area contributed by atoms with Crippen LogP contribution in [0.3, 0.4) is 0 Å². The third kappa shape index (κ3) is 1.46. The molecule has 2 aromatic rings. The van der Waals surface area contributed by atoms with E-state index in [0.29, 0.717) is 0 Å². The van der Waals surface area contributed by atoms with Gasteiger partial charge in [0.1, 0.15) is 0 Å². The summed E-state index contributed by atoms with van der Waals surface area (Å²) in [5, 5.41) is 0.953. The highest BCUT2D eigenvalue weighted by Crippen LogP contribution is 2.34. The summed E-state index contributed by atoms with van der Waals surface area (Å²) in [6, 6.07) is 5.72. The number of benzene rings is 1. The SMILES string of the molecule is CSc1ccc(C)c2sc(F)cc12. The fourth-order valence-electron chi connectivity index (χ4n) is 1.38. The monoisotopic (exact) mass is 212 g/mol. The minimum absolute atomic E-state index is 0.0976. The molecule has 0 radical (unpaired) electrons. The highest BCUT2D eigenvalue weighted by molar-refractivity contribution is 7.98. The topological polar surface area (TPSA) is 0 Å². The van der Waals surface area contributed by atoms with Crippen LogP contribution in [0.25, 0.3) is 10.1 Å². The first-order chi connectivity index (χ1) is 6.22. The van der Waals surface area contributed by atoms with Crippen molar-refractivity contribution in [1.29, 1.82) is 0 Å². The van der Waals surface area contributed by atoms with Crippen LogP contribution in [0.4, 0.5) is 4.39 Å². The minimum atomic E-state index is -0.0976. The van der Waals surface area contributed by atoms with Gasteiger partial charge in [0.15, 0.2) is 5.13 Å². The smallest absolute Gasteiger partial charge is 0.177 e. The van der Waals surface area contributed by atoms with Gasteiger partial charge in [-0.15, -0.1) is 23.1 Å². The molecule has 0 amide bonds. The number of rotatable bonds is 1. The van der Waals surface area contributed by atoms with Gasteiger partial charge in [0.25, 0.3) is 0 Å². The number of hydrogen-bond donors (Lipinski definition) is 0. The van der Waals surface area contributed by atoms with Crippen LogP contribution in [0.5, 0.6) is 0 Å². The van der Waals surface area contributed by atoms with Gasteiger partial charge in [-0.2, -0.15) is 4.39 Å². The molecule has 0 unspecified atom stereocenters. The van der Waals surface area contributed by atoms with E-state index in [2.05, 4.69) is 6.07 Å². The van der Waals surface area contributed by atoms with Crippen LogP contribution < -0.4 is 0 Å². The second-order valence-corrected chi connectivity index (χ2v) is 4.73. The lowest BCUT2D eigenvalue weighted by Gasteiger charge is -2.00. The summed E-state index contributed by atoms with van der Waals surface area (Å²) in [5.74, 6) is 0. The van der Waals surface area contributed by atoms with E-state index in [9.17, 15) is 4.39 Å². The van der Waals surface area contributed by atoms with Crippen LogP contribution in [0, 0.1) is 12.1 Å². The second kappa shape index (κ2) is 3.31. The van der Waals surface area contributed by atoms with Crippen molar-refractivity contribution in [3.8, 4) is 0 Å². The molecule has 1 aromatic heterocycles. The van der Waals surface area contributed by atoms with Crippen molar-refractivity contribution in [3.05, 3.63) is 28.9 Å². The summed E-state index contributed by atoms with van der Waals surface area (Å²) >= 11 is 2.89. The Morgan fingerprint density at radius 2 is 2.15 bits per heavy atom. The van der Waals surface area contributed by atoms with Crippen molar-refractivity contribution >= 4 is 33.2 Å². The average Bonchev–Trinajstić information content (AvgIpc) is 2.48. The molecule has 0 atom stereocenters. The first-order valence-corrected chi connectivity index (χ1v) is 5.99. The van der Waals surface area contributed by atoms with E-state index in [0.717, 1.165) is 20.5 Å². The van der Waals surface area contributed by atoms with Gasteiger partial charge in [-0.25, -0.2) is 0 Å². The molecule has 1 heterocycles. The van der Waals surface area contributed by atoms with Crippen molar-refractivity contribution in [2.24, 2.45) is 0 Å². The third-order valence-corrected chi connectivity index (χ3v) is 3.88. The Balaban J connectivity index is 2.83. The summed E-state index contributed by atoms with van der Waals surface area (Å²) in [6.45, 7) is 2.02. The fraction of sp³-hybridized carbons (Fsp3) is 0.200. The van der Waals surface area contributed by atoms with Gasteiger partial charge in [0, 0.05) is 15.0 Å². The number of thioether (sulfide) groups is 1. The number of halogens is 1. The lowest BCUT2D eigenvalue weighted by molar-refractivity contribution is 0.658. The standard InChI is InChI=1S/C10H9FS2/c1-6-3-4-8(12-2)7-5-9(11)13-10(6)7/h3-5H,1-2H3. The van der Waals surface area contributed by atoms with E-state index in [4.69, 9.17) is 0 Å². The molecule has 13 heavy (non-hydrogen) atoms. The van der Waals surface area contributed by atoms with Crippen molar-refractivity contribution < 1.29 is 4.39 Å².